The van der Waals surface area contributed by atoms with Crippen LogP contribution in [0, 0.1) is 6.92 Å². The lowest BCUT2D eigenvalue weighted by Crippen LogP contribution is -3.11. The predicted octanol–water partition coefficient (Wildman–Crippen LogP) is 3.21. The number of nitrogens with one attached hydrogen (secondary N) is 3. The third kappa shape index (κ3) is 4.59. The van der Waals surface area contributed by atoms with Gasteiger partial charge in [0.15, 0.2) is 0 Å². The van der Waals surface area contributed by atoms with E-state index in [4.69, 9.17) is 0 Å². The molecule has 1 aliphatic rings. The molecule has 1 saturated heterocycles. The van der Waals surface area contributed by atoms with E-state index < -0.39 is 0 Å². The Morgan fingerprint density at radius 2 is 1.67 bits per heavy atom. The lowest BCUT2D eigenvalue weighted by molar-refractivity contribution is -0.918. The molecule has 126 valence electrons. The van der Waals surface area contributed by atoms with E-state index in [2.05, 4.69) is 22.8 Å². The number of carbonyl (C=O) groups excluding carboxylic acids is 1. The van der Waals surface area contributed by atoms with E-state index >= 15 is 0 Å². The number of carbonyl (C=O) groups is 1. The van der Waals surface area contributed by atoms with Crippen LogP contribution in [0.2, 0.25) is 0 Å². The summed E-state index contributed by atoms with van der Waals surface area (Å²) in [5, 5.41) is 5.78. The first-order valence-electron chi connectivity index (χ1n) is 8.77. The summed E-state index contributed by atoms with van der Waals surface area (Å²) in [5.74, 6) is 0. The van der Waals surface area contributed by atoms with E-state index in [1.165, 1.54) is 37.9 Å². The molecule has 4 nitrogen and oxygen atoms in total. The maximum absolute atomic E-state index is 12.1. The molecule has 2 amide bonds. The minimum atomic E-state index is -0.210. The van der Waals surface area contributed by atoms with Gasteiger partial charge in [-0.2, -0.15) is 0 Å². The number of amides is 2. The topological polar surface area (TPSA) is 45.6 Å². The molecule has 0 bridgehead atoms. The van der Waals surface area contributed by atoms with Crippen molar-refractivity contribution in [3.8, 4) is 0 Å². The van der Waals surface area contributed by atoms with Crippen molar-refractivity contribution in [1.82, 2.24) is 0 Å². The molecule has 1 fully saturated rings. The molecule has 0 atom stereocenters. The first-order valence-corrected chi connectivity index (χ1v) is 8.77. The van der Waals surface area contributed by atoms with Crippen LogP contribution < -0.4 is 15.5 Å². The molecule has 0 unspecified atom stereocenters. The van der Waals surface area contributed by atoms with Crippen LogP contribution in [0.5, 0.6) is 0 Å². The molecular weight excluding hydrogens is 298 g/mol. The molecule has 24 heavy (non-hydrogen) atoms. The number of aryl methyl sites for hydroxylation is 1. The molecule has 0 aliphatic carbocycles. The number of hydrogen-bond donors (Lipinski definition) is 3. The van der Waals surface area contributed by atoms with E-state index in [1.807, 2.05) is 43.3 Å². The monoisotopic (exact) mass is 324 g/mol. The van der Waals surface area contributed by atoms with Crippen molar-refractivity contribution < 1.29 is 9.69 Å². The second-order valence-electron chi connectivity index (χ2n) is 6.58. The summed E-state index contributed by atoms with van der Waals surface area (Å²) in [7, 11) is 0. The van der Waals surface area contributed by atoms with Crippen molar-refractivity contribution >= 4 is 17.4 Å². The Bertz CT molecular complexity index is 676. The fourth-order valence-corrected chi connectivity index (χ4v) is 3.22. The van der Waals surface area contributed by atoms with Gasteiger partial charge < -0.3 is 15.5 Å². The summed E-state index contributed by atoms with van der Waals surface area (Å²) in [4.78, 5) is 13.8. The molecule has 0 saturated carbocycles. The second-order valence-corrected chi connectivity index (χ2v) is 6.58. The number of piperidine rings is 1. The van der Waals surface area contributed by atoms with Gasteiger partial charge in [0, 0.05) is 16.9 Å². The molecule has 0 spiro atoms. The van der Waals surface area contributed by atoms with Crippen molar-refractivity contribution in [2.45, 2.75) is 32.7 Å². The molecule has 4 heteroatoms. The lowest BCUT2D eigenvalue weighted by atomic mass is 10.1. The number of urea groups is 1. The van der Waals surface area contributed by atoms with Gasteiger partial charge in [0.1, 0.15) is 6.54 Å². The standard InChI is InChI=1S/C20H25N3O/c1-16-7-3-4-8-19(16)22-20(24)21-18-11-9-17(10-12-18)15-23-13-5-2-6-14-23/h3-4,7-12H,2,5-6,13-15H2,1H3,(H2,21,22,24)/p+1. The van der Waals surface area contributed by atoms with Crippen molar-refractivity contribution in [3.63, 3.8) is 0 Å². The maximum Gasteiger partial charge on any atom is 0.323 e. The molecule has 2 aromatic rings. The number of anilines is 2. The lowest BCUT2D eigenvalue weighted by Gasteiger charge is -2.23. The van der Waals surface area contributed by atoms with Gasteiger partial charge in [0.2, 0.25) is 0 Å². The van der Waals surface area contributed by atoms with E-state index in [0.717, 1.165) is 23.5 Å². The molecule has 0 aromatic heterocycles. The molecule has 3 rings (SSSR count). The zero-order valence-corrected chi connectivity index (χ0v) is 14.3. The Hall–Kier alpha value is -2.33. The van der Waals surface area contributed by atoms with Crippen LogP contribution in [0.15, 0.2) is 48.5 Å². The fraction of sp³-hybridized carbons (Fsp3) is 0.350. The Morgan fingerprint density at radius 1 is 0.958 bits per heavy atom. The van der Waals surface area contributed by atoms with Crippen molar-refractivity contribution in [3.05, 3.63) is 59.7 Å². The van der Waals surface area contributed by atoms with Crippen LogP contribution in [-0.2, 0) is 6.54 Å². The summed E-state index contributed by atoms with van der Waals surface area (Å²) in [6.07, 6.45) is 4.06. The van der Waals surface area contributed by atoms with Crippen LogP contribution in [0.4, 0.5) is 16.2 Å². The Labute approximate surface area is 143 Å². The summed E-state index contributed by atoms with van der Waals surface area (Å²) in [5.41, 5.74) is 4.03. The number of quaternary nitrogens is 1. The molecule has 3 N–H and O–H groups in total. The first kappa shape index (κ1) is 16.5. The summed E-state index contributed by atoms with van der Waals surface area (Å²) in [6, 6.07) is 15.7. The molecule has 0 radical (unpaired) electrons. The number of hydrogen-bond acceptors (Lipinski definition) is 1. The van der Waals surface area contributed by atoms with Gasteiger partial charge in [-0.15, -0.1) is 0 Å². The summed E-state index contributed by atoms with van der Waals surface area (Å²) >= 11 is 0. The van der Waals surface area contributed by atoms with Crippen LogP contribution >= 0.6 is 0 Å². The van der Waals surface area contributed by atoms with E-state index in [1.54, 1.807) is 4.90 Å². The van der Waals surface area contributed by atoms with Gasteiger partial charge in [0.25, 0.3) is 0 Å². The highest BCUT2D eigenvalue weighted by molar-refractivity contribution is 6.00. The predicted molar refractivity (Wildman–Crippen MR) is 98.5 cm³/mol. The normalized spacial score (nSPS) is 15.0. The highest BCUT2D eigenvalue weighted by atomic mass is 16.2. The van der Waals surface area contributed by atoms with Crippen molar-refractivity contribution in [2.24, 2.45) is 0 Å². The van der Waals surface area contributed by atoms with Gasteiger partial charge in [0.05, 0.1) is 13.1 Å². The van der Waals surface area contributed by atoms with Gasteiger partial charge in [-0.1, -0.05) is 30.3 Å². The average molecular weight is 324 g/mol. The third-order valence-corrected chi connectivity index (χ3v) is 4.62. The Balaban J connectivity index is 1.53. The van der Waals surface area contributed by atoms with Gasteiger partial charge >= 0.3 is 6.03 Å². The Kier molecular flexibility index (Phi) is 5.49. The number of rotatable bonds is 4. The van der Waals surface area contributed by atoms with Gasteiger partial charge in [-0.05, 0) is 49.9 Å². The second kappa shape index (κ2) is 7.97. The molecule has 2 aromatic carbocycles. The minimum absolute atomic E-state index is 0.210. The first-order chi connectivity index (χ1) is 11.7. The quantitative estimate of drug-likeness (QED) is 0.794. The highest BCUT2D eigenvalue weighted by Crippen LogP contribution is 2.14. The van der Waals surface area contributed by atoms with Gasteiger partial charge in [-0.25, -0.2) is 4.79 Å². The molecule has 1 aliphatic heterocycles. The maximum atomic E-state index is 12.1. The highest BCUT2D eigenvalue weighted by Gasteiger charge is 2.13. The van der Waals surface area contributed by atoms with Crippen LogP contribution in [0.3, 0.4) is 0 Å². The van der Waals surface area contributed by atoms with E-state index in [9.17, 15) is 4.79 Å². The Morgan fingerprint density at radius 3 is 2.38 bits per heavy atom. The fourth-order valence-electron chi connectivity index (χ4n) is 3.22. The zero-order valence-electron chi connectivity index (χ0n) is 14.3. The zero-order chi connectivity index (χ0) is 16.8. The van der Waals surface area contributed by atoms with E-state index in [0.29, 0.717) is 0 Å². The van der Waals surface area contributed by atoms with E-state index in [-0.39, 0.29) is 6.03 Å². The molecule has 1 heterocycles. The SMILES string of the molecule is Cc1ccccc1NC(=O)Nc1ccc(C[NH+]2CCCCC2)cc1. The van der Waals surface area contributed by atoms with Crippen LogP contribution in [0.25, 0.3) is 0 Å². The number of para-hydroxylation sites is 1. The number of likely N-dealkylation sites (tertiary alicyclic amines) is 1. The largest absolute Gasteiger partial charge is 0.331 e. The van der Waals surface area contributed by atoms with Crippen LogP contribution in [-0.4, -0.2) is 19.1 Å². The minimum Gasteiger partial charge on any atom is -0.331 e. The smallest absolute Gasteiger partial charge is 0.323 e. The van der Waals surface area contributed by atoms with Crippen molar-refractivity contribution in [1.29, 1.82) is 0 Å². The summed E-state index contributed by atoms with van der Waals surface area (Å²) in [6.45, 7) is 5.61. The number of benzene rings is 2. The third-order valence-electron chi connectivity index (χ3n) is 4.62. The average Bonchev–Trinajstić information content (AvgIpc) is 2.60. The van der Waals surface area contributed by atoms with Crippen LogP contribution in [0.1, 0.15) is 30.4 Å². The molecular formula is C20H26N3O+. The van der Waals surface area contributed by atoms with Gasteiger partial charge in [-0.3, -0.25) is 0 Å². The van der Waals surface area contributed by atoms with Crippen molar-refractivity contribution in [2.75, 3.05) is 23.7 Å². The summed E-state index contributed by atoms with van der Waals surface area (Å²) < 4.78 is 0.